The van der Waals surface area contributed by atoms with Gasteiger partial charge in [0.15, 0.2) is 0 Å². The molecular weight excluding hydrogens is 180 g/mol. The molecule has 0 aliphatic heterocycles. The van der Waals surface area contributed by atoms with E-state index < -0.39 is 11.0 Å². The first-order valence-electron chi connectivity index (χ1n) is 4.79. The summed E-state index contributed by atoms with van der Waals surface area (Å²) in [5, 5.41) is 8.87. The van der Waals surface area contributed by atoms with Gasteiger partial charge in [0.25, 0.3) is 5.91 Å². The molecule has 1 N–H and O–H groups in total. The highest BCUT2D eigenvalue weighted by Gasteiger charge is 2.45. The fourth-order valence-corrected chi connectivity index (χ4v) is 1.22. The molecule has 1 saturated carbocycles. The van der Waals surface area contributed by atoms with Gasteiger partial charge in [0.2, 0.25) is 0 Å². The van der Waals surface area contributed by atoms with Crippen molar-refractivity contribution in [3.8, 4) is 6.07 Å². The van der Waals surface area contributed by atoms with E-state index in [1.165, 1.54) is 0 Å². The summed E-state index contributed by atoms with van der Waals surface area (Å²) in [7, 11) is 0. The van der Waals surface area contributed by atoms with Crippen molar-refractivity contribution < 1.29 is 9.63 Å². The first-order valence-corrected chi connectivity index (χ1v) is 4.79. The largest absolute Gasteiger partial charge is 0.271 e. The monoisotopic (exact) mass is 196 g/mol. The Hall–Kier alpha value is -1.08. The van der Waals surface area contributed by atoms with Gasteiger partial charge in [0.1, 0.15) is 5.41 Å². The maximum Gasteiger partial charge on any atom is 0.264 e. The van der Waals surface area contributed by atoms with Gasteiger partial charge in [0.05, 0.1) is 11.7 Å². The molecule has 14 heavy (non-hydrogen) atoms. The van der Waals surface area contributed by atoms with Crippen LogP contribution >= 0.6 is 0 Å². The summed E-state index contributed by atoms with van der Waals surface area (Å²) in [6.07, 6.45) is 2.22. The number of carbonyl (C=O) groups is 1. The standard InChI is InChI=1S/C10H16N2O2/c1-9(2,3)14-12-8(13)10(7-11)5-4-6-10/h4-6H2,1-3H3,(H,12,13). The van der Waals surface area contributed by atoms with Crippen LogP contribution in [0.1, 0.15) is 40.0 Å². The summed E-state index contributed by atoms with van der Waals surface area (Å²) in [4.78, 5) is 16.7. The highest BCUT2D eigenvalue weighted by Crippen LogP contribution is 2.40. The van der Waals surface area contributed by atoms with Gasteiger partial charge in [-0.1, -0.05) is 0 Å². The van der Waals surface area contributed by atoms with Crippen molar-refractivity contribution in [2.45, 2.75) is 45.6 Å². The van der Waals surface area contributed by atoms with Crippen molar-refractivity contribution in [2.24, 2.45) is 5.41 Å². The molecule has 1 aliphatic rings. The van der Waals surface area contributed by atoms with Crippen molar-refractivity contribution in [1.29, 1.82) is 5.26 Å². The third-order valence-corrected chi connectivity index (χ3v) is 2.31. The van der Waals surface area contributed by atoms with E-state index in [0.717, 1.165) is 6.42 Å². The third kappa shape index (κ3) is 2.24. The number of amides is 1. The lowest BCUT2D eigenvalue weighted by Crippen LogP contribution is -2.46. The van der Waals surface area contributed by atoms with Crippen LogP contribution in [0.2, 0.25) is 0 Å². The summed E-state index contributed by atoms with van der Waals surface area (Å²) in [6.45, 7) is 5.52. The van der Waals surface area contributed by atoms with Crippen molar-refractivity contribution in [2.75, 3.05) is 0 Å². The van der Waals surface area contributed by atoms with Gasteiger partial charge in [-0.3, -0.25) is 9.63 Å². The molecule has 1 amide bonds. The summed E-state index contributed by atoms with van der Waals surface area (Å²) < 4.78 is 0. The van der Waals surface area contributed by atoms with Crippen LogP contribution in [0.3, 0.4) is 0 Å². The fraction of sp³-hybridized carbons (Fsp3) is 0.800. The van der Waals surface area contributed by atoms with Crippen LogP contribution in [0.5, 0.6) is 0 Å². The molecule has 0 spiro atoms. The van der Waals surface area contributed by atoms with Crippen LogP contribution in [0.4, 0.5) is 0 Å². The summed E-state index contributed by atoms with van der Waals surface area (Å²) in [5.74, 6) is -0.304. The van der Waals surface area contributed by atoms with Crippen LogP contribution < -0.4 is 5.48 Å². The van der Waals surface area contributed by atoms with Crippen molar-refractivity contribution in [3.63, 3.8) is 0 Å². The Kier molecular flexibility index (Phi) is 2.81. The molecule has 0 radical (unpaired) electrons. The predicted octanol–water partition coefficient (Wildman–Crippen LogP) is 1.53. The molecule has 1 fully saturated rings. The van der Waals surface area contributed by atoms with Crippen molar-refractivity contribution in [3.05, 3.63) is 0 Å². The third-order valence-electron chi connectivity index (χ3n) is 2.31. The van der Waals surface area contributed by atoms with E-state index >= 15 is 0 Å². The Labute approximate surface area is 84.2 Å². The molecule has 0 aromatic rings. The van der Waals surface area contributed by atoms with E-state index in [9.17, 15) is 4.79 Å². The molecule has 0 unspecified atom stereocenters. The van der Waals surface area contributed by atoms with Crippen LogP contribution in [0.15, 0.2) is 0 Å². The van der Waals surface area contributed by atoms with Gasteiger partial charge in [-0.15, -0.1) is 0 Å². The average molecular weight is 196 g/mol. The number of hydrogen-bond donors (Lipinski definition) is 1. The van der Waals surface area contributed by atoms with Gasteiger partial charge in [-0.2, -0.15) is 5.26 Å². The Morgan fingerprint density at radius 3 is 2.36 bits per heavy atom. The zero-order chi connectivity index (χ0) is 10.8. The molecule has 1 aliphatic carbocycles. The summed E-state index contributed by atoms with van der Waals surface area (Å²) in [6, 6.07) is 2.06. The number of nitriles is 1. The van der Waals surface area contributed by atoms with E-state index in [2.05, 4.69) is 11.5 Å². The minimum atomic E-state index is -0.828. The van der Waals surface area contributed by atoms with Crippen LogP contribution in [-0.2, 0) is 9.63 Å². The van der Waals surface area contributed by atoms with E-state index in [1.807, 2.05) is 20.8 Å². The maximum absolute atomic E-state index is 11.6. The molecular formula is C10H16N2O2. The first kappa shape index (κ1) is 11.0. The SMILES string of the molecule is CC(C)(C)ONC(=O)C1(C#N)CCC1. The number of nitrogens with one attached hydrogen (secondary N) is 1. The lowest BCUT2D eigenvalue weighted by molar-refractivity contribution is -0.156. The van der Waals surface area contributed by atoms with Crippen molar-refractivity contribution >= 4 is 5.91 Å². The van der Waals surface area contributed by atoms with Gasteiger partial charge >= 0.3 is 0 Å². The number of rotatable bonds is 2. The molecule has 4 nitrogen and oxygen atoms in total. The second-order valence-electron chi connectivity index (χ2n) is 4.69. The van der Waals surface area contributed by atoms with Gasteiger partial charge in [-0.05, 0) is 40.0 Å². The number of hydrogen-bond acceptors (Lipinski definition) is 3. The Bertz CT molecular complexity index is 269. The number of carbonyl (C=O) groups excluding carboxylic acids is 1. The minimum absolute atomic E-state index is 0.304. The number of hydroxylamine groups is 1. The van der Waals surface area contributed by atoms with Crippen LogP contribution in [0.25, 0.3) is 0 Å². The molecule has 0 bridgehead atoms. The van der Waals surface area contributed by atoms with Gasteiger partial charge in [-0.25, -0.2) is 5.48 Å². The second kappa shape index (κ2) is 3.58. The van der Waals surface area contributed by atoms with Gasteiger partial charge < -0.3 is 0 Å². The Balaban J connectivity index is 2.47. The smallest absolute Gasteiger partial charge is 0.264 e. The Morgan fingerprint density at radius 2 is 2.07 bits per heavy atom. The first-order chi connectivity index (χ1) is 6.40. The molecule has 4 heteroatoms. The van der Waals surface area contributed by atoms with Crippen LogP contribution in [-0.4, -0.2) is 11.5 Å². The molecule has 0 saturated heterocycles. The van der Waals surface area contributed by atoms with Crippen molar-refractivity contribution in [1.82, 2.24) is 5.48 Å². The van der Waals surface area contributed by atoms with E-state index in [0.29, 0.717) is 12.8 Å². The molecule has 1 rings (SSSR count). The highest BCUT2D eigenvalue weighted by molar-refractivity contribution is 5.85. The topological polar surface area (TPSA) is 62.1 Å². The zero-order valence-electron chi connectivity index (χ0n) is 8.89. The molecule has 0 heterocycles. The minimum Gasteiger partial charge on any atom is -0.271 e. The maximum atomic E-state index is 11.6. The van der Waals surface area contributed by atoms with E-state index in [1.54, 1.807) is 0 Å². The number of nitrogens with zero attached hydrogens (tertiary/aromatic N) is 1. The summed E-state index contributed by atoms with van der Waals surface area (Å²) in [5.41, 5.74) is 1.11. The quantitative estimate of drug-likeness (QED) is 0.681. The molecule has 0 aromatic carbocycles. The predicted molar refractivity (Wildman–Crippen MR) is 50.9 cm³/mol. The zero-order valence-corrected chi connectivity index (χ0v) is 8.89. The molecule has 0 aromatic heterocycles. The average Bonchev–Trinajstić information content (AvgIpc) is 1.98. The Morgan fingerprint density at radius 1 is 1.50 bits per heavy atom. The van der Waals surface area contributed by atoms with E-state index in [4.69, 9.17) is 10.1 Å². The normalized spacial score (nSPS) is 19.3. The van der Waals surface area contributed by atoms with Crippen LogP contribution in [0, 0.1) is 16.7 Å². The lowest BCUT2D eigenvalue weighted by atomic mass is 9.69. The molecule has 78 valence electrons. The fourth-order valence-electron chi connectivity index (χ4n) is 1.22. The summed E-state index contributed by atoms with van der Waals surface area (Å²) >= 11 is 0. The molecule has 0 atom stereocenters. The van der Waals surface area contributed by atoms with Gasteiger partial charge in [0, 0.05) is 0 Å². The highest BCUT2D eigenvalue weighted by atomic mass is 16.7. The second-order valence-corrected chi connectivity index (χ2v) is 4.69. The lowest BCUT2D eigenvalue weighted by Gasteiger charge is -2.34. The van der Waals surface area contributed by atoms with E-state index in [-0.39, 0.29) is 5.91 Å².